The van der Waals surface area contributed by atoms with E-state index in [0.717, 1.165) is 5.56 Å². The zero-order valence-corrected chi connectivity index (χ0v) is 14.5. The molecule has 0 fully saturated rings. The zero-order chi connectivity index (χ0) is 18.8. The van der Waals surface area contributed by atoms with Crippen LogP contribution in [-0.2, 0) is 10.7 Å². The summed E-state index contributed by atoms with van der Waals surface area (Å²) < 4.78 is 22.8. The van der Waals surface area contributed by atoms with Crippen molar-refractivity contribution in [2.45, 2.75) is 11.8 Å². The minimum atomic E-state index is -2.88. The number of aryl methyl sites for hydroxylation is 1. The van der Waals surface area contributed by atoms with Crippen molar-refractivity contribution >= 4 is 76.6 Å². The molecule has 0 aliphatic rings. The number of aromatic carboxylic acids is 1. The summed E-state index contributed by atoms with van der Waals surface area (Å²) in [7, 11) is -2.88. The fourth-order valence-electron chi connectivity index (χ4n) is 2.55. The van der Waals surface area contributed by atoms with E-state index in [-0.39, 0.29) is 59.6 Å². The summed E-state index contributed by atoms with van der Waals surface area (Å²) in [4.78, 5) is 11.4. The molecule has 0 bridgehead atoms. The second kappa shape index (κ2) is 8.79. The van der Waals surface area contributed by atoms with Gasteiger partial charge in [0.1, 0.15) is 16.9 Å². The molecule has 0 aliphatic heterocycles. The molecule has 7 nitrogen and oxygen atoms in total. The van der Waals surface area contributed by atoms with E-state index in [4.69, 9.17) is 0 Å². The van der Waals surface area contributed by atoms with Gasteiger partial charge in [0.2, 0.25) is 0 Å². The molecule has 2 N–H and O–H groups in total. The van der Waals surface area contributed by atoms with E-state index >= 15 is 0 Å². The summed E-state index contributed by atoms with van der Waals surface area (Å²) in [6.45, 7) is 1.75. The molecule has 3 rings (SSSR count). The van der Waals surface area contributed by atoms with Gasteiger partial charge in [-0.3, -0.25) is 0 Å². The first-order valence-corrected chi connectivity index (χ1v) is 8.71. The molecule has 0 heterocycles. The average Bonchev–Trinajstić information content (AvgIpc) is 2.61. The van der Waals surface area contributed by atoms with Crippen molar-refractivity contribution in [1.29, 1.82) is 0 Å². The number of carbonyl (C=O) groups is 1. The molecule has 0 unspecified atom stereocenters. The Morgan fingerprint density at radius 1 is 1.04 bits per heavy atom. The molecule has 0 atom stereocenters. The van der Waals surface area contributed by atoms with Crippen LogP contribution >= 0.6 is 0 Å². The Hall–Kier alpha value is -2.00. The summed E-state index contributed by atoms with van der Waals surface area (Å²) in [5.41, 5.74) is 0.514. The molecule has 9 heteroatoms. The van der Waals surface area contributed by atoms with Gasteiger partial charge in [-0.15, -0.1) is 10.2 Å². The number of hydrogen-bond acceptors (Lipinski definition) is 6. The topological polar surface area (TPSA) is 116 Å². The maximum atomic E-state index is 11.4. The molecular formula is C18H16CaN2O5S. The number of thiol groups is 1. The normalized spacial score (nSPS) is 11.0. The van der Waals surface area contributed by atoms with E-state index in [1.807, 2.05) is 0 Å². The maximum absolute atomic E-state index is 11.4. The molecule has 136 valence electrons. The molecular weight excluding hydrogens is 396 g/mol. The van der Waals surface area contributed by atoms with Crippen molar-refractivity contribution in [3.8, 4) is 5.75 Å². The summed E-state index contributed by atoms with van der Waals surface area (Å²) in [6, 6.07) is 12.8. The number of nitrogens with zero attached hydrogens (tertiary/aromatic N) is 2. The molecule has 0 saturated heterocycles. The molecule has 3 aromatic rings. The van der Waals surface area contributed by atoms with Gasteiger partial charge in [-0.25, -0.2) is 13.2 Å². The van der Waals surface area contributed by atoms with Crippen molar-refractivity contribution in [3.63, 3.8) is 0 Å². The van der Waals surface area contributed by atoms with Gasteiger partial charge in [-0.05, 0) is 36.1 Å². The van der Waals surface area contributed by atoms with Gasteiger partial charge < -0.3 is 10.2 Å². The van der Waals surface area contributed by atoms with Crippen LogP contribution in [0.1, 0.15) is 15.9 Å². The molecule has 0 spiro atoms. The minimum absolute atomic E-state index is 0. The third-order valence-corrected chi connectivity index (χ3v) is 4.56. The Morgan fingerprint density at radius 3 is 2.41 bits per heavy atom. The van der Waals surface area contributed by atoms with Crippen LogP contribution in [0.4, 0.5) is 11.4 Å². The number of rotatable bonds is 4. The average molecular weight is 412 g/mol. The first-order chi connectivity index (χ1) is 12.4. The van der Waals surface area contributed by atoms with Gasteiger partial charge in [-0.1, -0.05) is 30.3 Å². The molecule has 0 amide bonds. The van der Waals surface area contributed by atoms with E-state index in [2.05, 4.69) is 10.2 Å². The number of fused-ring (bicyclic) bond motifs is 1. The number of azo groups is 1. The first kappa shape index (κ1) is 21.3. The third-order valence-electron chi connectivity index (χ3n) is 3.81. The summed E-state index contributed by atoms with van der Waals surface area (Å²) in [5.74, 6) is -1.83. The fourth-order valence-corrected chi connectivity index (χ4v) is 3.17. The quantitative estimate of drug-likeness (QED) is 0.346. The summed E-state index contributed by atoms with van der Waals surface area (Å²) in [6.07, 6.45) is 0. The fraction of sp³-hybridized carbons (Fsp3) is 0.0556. The Bertz CT molecular complexity index is 1130. The Balaban J connectivity index is 0.00000261. The third kappa shape index (κ3) is 4.47. The summed E-state index contributed by atoms with van der Waals surface area (Å²) in [5, 5.41) is 28.5. The van der Waals surface area contributed by atoms with Crippen LogP contribution in [0.5, 0.6) is 5.75 Å². The molecule has 0 aliphatic carbocycles. The van der Waals surface area contributed by atoms with Gasteiger partial charge in [-0.2, -0.15) is 0 Å². The van der Waals surface area contributed by atoms with Crippen molar-refractivity contribution in [1.82, 2.24) is 0 Å². The van der Waals surface area contributed by atoms with E-state index in [1.54, 1.807) is 37.3 Å². The number of hydrogen-bond donors (Lipinski definition) is 3. The second-order valence-electron chi connectivity index (χ2n) is 5.60. The van der Waals surface area contributed by atoms with Crippen LogP contribution in [0.15, 0.2) is 63.7 Å². The first-order valence-electron chi connectivity index (χ1n) is 7.53. The van der Waals surface area contributed by atoms with E-state index in [1.165, 1.54) is 18.2 Å². The Labute approximate surface area is 186 Å². The Kier molecular flexibility index (Phi) is 6.94. The predicted molar refractivity (Wildman–Crippen MR) is 105 cm³/mol. The van der Waals surface area contributed by atoms with Crippen molar-refractivity contribution in [2.75, 3.05) is 0 Å². The molecule has 3 aromatic carbocycles. The monoisotopic (exact) mass is 412 g/mol. The van der Waals surface area contributed by atoms with Crippen molar-refractivity contribution in [2.24, 2.45) is 10.2 Å². The van der Waals surface area contributed by atoms with E-state index in [9.17, 15) is 23.4 Å². The summed E-state index contributed by atoms with van der Waals surface area (Å²) >= 11 is 0. The van der Waals surface area contributed by atoms with Gasteiger partial charge in [0.25, 0.3) is 0 Å². The van der Waals surface area contributed by atoms with E-state index in [0.29, 0.717) is 10.8 Å². The number of phenols is 1. The standard InChI is InChI=1S/C18H14N2O5S.Ca.2H/c1-10-6-7-14(15(8-10)26(24)25)19-20-16-12-5-3-2-4-11(12)9-13(17(16)21)18(22)23;;;/h2-9,21,26H,1H3,(H,22,23);;;. The van der Waals surface area contributed by atoms with Crippen LogP contribution in [-0.4, -0.2) is 62.3 Å². The van der Waals surface area contributed by atoms with Gasteiger partial charge in [0, 0.05) is 5.39 Å². The van der Waals surface area contributed by atoms with Crippen LogP contribution in [0, 0.1) is 6.92 Å². The van der Waals surface area contributed by atoms with Crippen LogP contribution in [0.3, 0.4) is 0 Å². The van der Waals surface area contributed by atoms with Gasteiger partial charge >= 0.3 is 43.7 Å². The Morgan fingerprint density at radius 2 is 1.74 bits per heavy atom. The second-order valence-corrected chi connectivity index (χ2v) is 6.59. The predicted octanol–water partition coefficient (Wildman–Crippen LogP) is 3.02. The van der Waals surface area contributed by atoms with Crippen LogP contribution in [0.25, 0.3) is 10.8 Å². The molecule has 0 aromatic heterocycles. The van der Waals surface area contributed by atoms with Crippen molar-refractivity contribution in [3.05, 3.63) is 59.7 Å². The molecule has 0 radical (unpaired) electrons. The number of benzene rings is 3. The molecule has 0 saturated carbocycles. The molecule has 27 heavy (non-hydrogen) atoms. The van der Waals surface area contributed by atoms with Crippen molar-refractivity contribution < 1.29 is 23.4 Å². The zero-order valence-electron chi connectivity index (χ0n) is 13.6. The van der Waals surface area contributed by atoms with Crippen LogP contribution in [0.2, 0.25) is 0 Å². The SMILES string of the molecule is Cc1ccc(N=Nc2c(O)c(C(=O)O)cc3ccccc23)c([SH](=O)=O)c1.[CaH2]. The number of carboxylic acids is 1. The number of aromatic hydroxyl groups is 1. The van der Waals surface area contributed by atoms with Gasteiger partial charge in [0.05, 0.1) is 4.90 Å². The van der Waals surface area contributed by atoms with Gasteiger partial charge in [0.15, 0.2) is 16.5 Å². The van der Waals surface area contributed by atoms with Crippen LogP contribution < -0.4 is 0 Å². The van der Waals surface area contributed by atoms with E-state index < -0.39 is 22.4 Å². The number of carboxylic acid groups (broad SMARTS) is 1.